The Morgan fingerprint density at radius 2 is 0.760 bits per heavy atom. The normalized spacial score (nSPS) is 23.8. The highest BCUT2D eigenvalue weighted by molar-refractivity contribution is 7.52. The number of hydrogen-bond donors (Lipinski definition) is 21. The summed E-state index contributed by atoms with van der Waals surface area (Å²) < 4.78 is 88.0. The summed E-state index contributed by atoms with van der Waals surface area (Å²) in [6.45, 7) is 4.17. The van der Waals surface area contributed by atoms with Crippen LogP contribution in [0.4, 0.5) is 0 Å². The second-order valence-electron chi connectivity index (χ2n) is 36.9. The molecule has 0 aliphatic carbocycles. The first-order valence-corrected chi connectivity index (χ1v) is 52.9. The van der Waals surface area contributed by atoms with E-state index in [9.17, 15) is 118 Å². The topological polar surface area (TPSA) is 711 Å². The first kappa shape index (κ1) is 128. The van der Waals surface area contributed by atoms with Gasteiger partial charge in [0.25, 0.3) is 5.56 Å². The first-order chi connectivity index (χ1) is 70.0. The van der Waals surface area contributed by atoms with E-state index in [-0.39, 0.29) is 209 Å². The summed E-state index contributed by atoms with van der Waals surface area (Å²) in [5, 5.41) is 122. The molecular formula is C95H164N13O37P. The van der Waals surface area contributed by atoms with Gasteiger partial charge in [-0.15, -0.1) is 0 Å². The van der Waals surface area contributed by atoms with Crippen LogP contribution in [0.15, 0.2) is 21.9 Å². The van der Waals surface area contributed by atoms with Crippen molar-refractivity contribution < 1.29 is 169 Å². The molecule has 0 radical (unpaired) electrons. The standard InChI is InChI=1S/C95H164N13O37P/c1-62(112)103-81-87(127)84(124)68(55-109)142-91(81)138-47-24-18-30-66(115)29-17-23-42-98-76(120)37-50-135-59-95(60-136-51-38-77(121)101-45-27-43-99-73(117)32-19-25-48-139-92-82(104-63(2)113)88(128)85(125)69(56-110)143-92,61-137-52-39-78(122)102-46-28-44-100-74(118)33-20-26-49-140-93-83(105-64(3)114)89(129)86(126)70(57-111)144-93)107-79(123)34-16-12-10-8-7-9-11-15-31-72(116)96-40-21-13-14-22-41-97-75(119)36-35-65-54-108(94(131)106-90(65)130)80-53-67(71(141-80)58-133-4)145-146(6,132)134-5/h35-36,54,67-71,80-89,91-93,109-111,124-129H,7-34,37-53,55-61H2,1-6H3,(H,96,116)(H,97,119)(H,98,120)(H,99,117)(H,100,118)(H,101,121)(H,102,122)(H,103,112)(H,104,113)(H,105,114)(H,107,123)(H,106,130,131)/b36-35+/t67?,68?,69?,70?,71-,80-,81?,82?,83?,84+,85+,86+,87-,88-,89-,91-,92-,93-,95?,146?/m1/s1. The highest BCUT2D eigenvalue weighted by Gasteiger charge is 2.49. The first-order valence-electron chi connectivity index (χ1n) is 50.9. The molecule has 836 valence electrons. The van der Waals surface area contributed by atoms with Crippen molar-refractivity contribution in [1.29, 1.82) is 0 Å². The van der Waals surface area contributed by atoms with Crippen molar-refractivity contribution in [3.8, 4) is 0 Å². The summed E-state index contributed by atoms with van der Waals surface area (Å²) in [6, 6.07) is -3.32. The fraction of sp³-hybridized carbons (Fsp3) is 0.811. The molecule has 51 heteroatoms. The fourth-order valence-corrected chi connectivity index (χ4v) is 17.1. The number of methoxy groups -OCH3 is 1. The average molecular weight is 2110 g/mol. The third kappa shape index (κ3) is 51.4. The molecule has 5 heterocycles. The third-order valence-electron chi connectivity index (χ3n) is 24.4. The Labute approximate surface area is 851 Å². The van der Waals surface area contributed by atoms with Crippen molar-refractivity contribution in [2.75, 3.05) is 153 Å². The average Bonchev–Trinajstić information content (AvgIpc) is 1.52. The zero-order valence-corrected chi connectivity index (χ0v) is 86.1. The second-order valence-corrected chi connectivity index (χ2v) is 39.0. The summed E-state index contributed by atoms with van der Waals surface area (Å²) in [5.41, 5.74) is -2.90. The molecule has 4 fully saturated rings. The molecule has 4 saturated heterocycles. The van der Waals surface area contributed by atoms with Gasteiger partial charge in [0, 0.05) is 184 Å². The quantitative estimate of drug-likeness (QED) is 0.0184. The number of nitrogens with zero attached hydrogens (tertiary/aromatic N) is 1. The maximum absolute atomic E-state index is 14.2. The zero-order chi connectivity index (χ0) is 107. The Kier molecular flexibility index (Phi) is 64.0. The third-order valence-corrected chi connectivity index (χ3v) is 25.7. The molecule has 1 aromatic heterocycles. The lowest BCUT2D eigenvalue weighted by atomic mass is 9.97. The van der Waals surface area contributed by atoms with Crippen LogP contribution in [0.1, 0.15) is 238 Å². The van der Waals surface area contributed by atoms with E-state index < -0.39 is 178 Å². The monoisotopic (exact) mass is 2110 g/mol. The van der Waals surface area contributed by atoms with Crippen LogP contribution in [0.25, 0.3) is 6.08 Å². The molecule has 11 amide bonds. The molecule has 0 spiro atoms. The highest BCUT2D eigenvalue weighted by Crippen LogP contribution is 2.48. The summed E-state index contributed by atoms with van der Waals surface area (Å²) in [6.07, 6.45) is -0.133. The molecule has 146 heavy (non-hydrogen) atoms. The molecule has 1 aromatic rings. The van der Waals surface area contributed by atoms with Gasteiger partial charge in [-0.05, 0) is 96.0 Å². The van der Waals surface area contributed by atoms with E-state index in [1.165, 1.54) is 60.0 Å². The summed E-state index contributed by atoms with van der Waals surface area (Å²) in [5.74, 6) is -4.07. The van der Waals surface area contributed by atoms with E-state index in [1.807, 2.05) is 0 Å². The van der Waals surface area contributed by atoms with Crippen molar-refractivity contribution in [1.82, 2.24) is 68.0 Å². The number of H-pyrrole nitrogens is 1. The molecule has 0 aromatic carbocycles. The number of carbonyl (C=O) groups is 12. The van der Waals surface area contributed by atoms with Crippen LogP contribution in [0.3, 0.4) is 0 Å². The van der Waals surface area contributed by atoms with Gasteiger partial charge in [0.2, 0.25) is 65.0 Å². The molecule has 4 aliphatic heterocycles. The molecule has 0 saturated carbocycles. The Morgan fingerprint density at radius 1 is 0.425 bits per heavy atom. The highest BCUT2D eigenvalue weighted by atomic mass is 31.2. The number of aromatic nitrogens is 2. The predicted molar refractivity (Wildman–Crippen MR) is 523 cm³/mol. The number of aliphatic hydroxyl groups is 9. The Balaban J connectivity index is 1.09. The fourth-order valence-electron chi connectivity index (χ4n) is 16.3. The lowest BCUT2D eigenvalue weighted by Gasteiger charge is -2.42. The Morgan fingerprint density at radius 3 is 1.14 bits per heavy atom. The van der Waals surface area contributed by atoms with Gasteiger partial charge in [-0.2, -0.15) is 0 Å². The number of Topliss-reactive ketones (excluding diaryl/α,β-unsaturated/α-hetero) is 1. The number of hydrogen-bond acceptors (Lipinski definition) is 37. The lowest BCUT2D eigenvalue weighted by molar-refractivity contribution is -0.270. The van der Waals surface area contributed by atoms with Crippen LogP contribution in [0.5, 0.6) is 0 Å². The van der Waals surface area contributed by atoms with Gasteiger partial charge < -0.3 is 166 Å². The van der Waals surface area contributed by atoms with Crippen molar-refractivity contribution >= 4 is 84.4 Å². The number of ether oxygens (including phenoxy) is 11. The molecule has 50 nitrogen and oxygen atoms in total. The number of aromatic amines is 1. The Bertz CT molecular complexity index is 3990. The van der Waals surface area contributed by atoms with E-state index in [4.69, 9.17) is 61.2 Å². The molecule has 0 bridgehead atoms. The molecule has 19 atom stereocenters. The SMILES string of the molecule is COC[C@H]1O[C@@H](n2cc(/C=C/C(=O)NCCCCCCNC(=O)CCCCCCCCCCC(=O)NC(COCCC(=O)NCCCCC(=O)CCCCO[C@@H]3OC(CO)[C@H](O)[C@H](O)C3NC(C)=O)(COCCC(=O)NCCCNC(=O)CCCCO[C@@H]3OC(CO)[C@H](O)[C@H](O)C3NC(C)=O)COCCC(=O)NCCCNC(=O)CCCCO[C@@H]3OC(CO)[C@H](O)[C@H](O)C3NC(C)=O)c(=O)[nH]c2=O)CC1OP(C)(=O)OC. The van der Waals surface area contributed by atoms with Crippen LogP contribution in [0, 0.1) is 0 Å². The molecular weight excluding hydrogens is 1950 g/mol. The van der Waals surface area contributed by atoms with Gasteiger partial charge in [0.15, 0.2) is 18.9 Å². The lowest BCUT2D eigenvalue weighted by Crippen LogP contribution is -2.64. The van der Waals surface area contributed by atoms with Gasteiger partial charge in [0.05, 0.1) is 77.7 Å². The predicted octanol–water partition coefficient (Wildman–Crippen LogP) is -2.40. The number of unbranched alkanes of at least 4 members (excludes halogenated alkanes) is 14. The van der Waals surface area contributed by atoms with E-state index >= 15 is 0 Å². The van der Waals surface area contributed by atoms with Crippen LogP contribution < -0.4 is 69.7 Å². The van der Waals surface area contributed by atoms with Crippen molar-refractivity contribution in [3.63, 3.8) is 0 Å². The number of rotatable bonds is 79. The van der Waals surface area contributed by atoms with Crippen molar-refractivity contribution in [3.05, 3.63) is 38.7 Å². The number of nitrogens with one attached hydrogen (secondary N) is 12. The minimum atomic E-state index is -3.43. The maximum Gasteiger partial charge on any atom is 0.330 e. The number of ketones is 1. The van der Waals surface area contributed by atoms with Gasteiger partial charge in [-0.25, -0.2) is 4.79 Å². The summed E-state index contributed by atoms with van der Waals surface area (Å²) >= 11 is 0. The number of aliphatic hydroxyl groups excluding tert-OH is 9. The second kappa shape index (κ2) is 72.9. The van der Waals surface area contributed by atoms with Crippen LogP contribution in [0.2, 0.25) is 0 Å². The molecule has 21 N–H and O–H groups in total. The molecule has 4 aliphatic rings. The van der Waals surface area contributed by atoms with Gasteiger partial charge >= 0.3 is 13.3 Å². The van der Waals surface area contributed by atoms with Gasteiger partial charge in [-0.1, -0.05) is 51.4 Å². The maximum atomic E-state index is 14.2. The minimum Gasteiger partial charge on any atom is -0.394 e. The van der Waals surface area contributed by atoms with E-state index in [2.05, 4.69) is 63.5 Å². The number of carbonyl (C=O) groups excluding carboxylic acids is 12. The molecule has 8 unspecified atom stereocenters. The minimum absolute atomic E-state index is 0.0163. The van der Waals surface area contributed by atoms with Crippen molar-refractivity contribution in [2.45, 2.75) is 342 Å². The molecule has 5 rings (SSSR count). The van der Waals surface area contributed by atoms with Gasteiger partial charge in [0.1, 0.15) is 96.7 Å². The van der Waals surface area contributed by atoms with Gasteiger partial charge in [-0.3, -0.25) is 76.4 Å². The van der Waals surface area contributed by atoms with Crippen molar-refractivity contribution in [2.24, 2.45) is 0 Å². The van der Waals surface area contributed by atoms with Crippen LogP contribution >= 0.6 is 7.60 Å². The number of amides is 11. The Hall–Kier alpha value is -8.39. The van der Waals surface area contributed by atoms with E-state index in [0.29, 0.717) is 109 Å². The van der Waals surface area contributed by atoms with E-state index in [0.717, 1.165) is 55.9 Å². The van der Waals surface area contributed by atoms with E-state index in [1.54, 1.807) is 0 Å². The van der Waals surface area contributed by atoms with Crippen LogP contribution in [-0.4, -0.2) is 389 Å². The summed E-state index contributed by atoms with van der Waals surface area (Å²) in [4.78, 5) is 181. The largest absolute Gasteiger partial charge is 0.394 e. The smallest absolute Gasteiger partial charge is 0.330 e. The summed E-state index contributed by atoms with van der Waals surface area (Å²) in [7, 11) is -0.728. The van der Waals surface area contributed by atoms with Crippen LogP contribution in [-0.2, 0) is 123 Å². The zero-order valence-electron chi connectivity index (χ0n) is 85.2.